The summed E-state index contributed by atoms with van der Waals surface area (Å²) in [6.45, 7) is 1.11. The summed E-state index contributed by atoms with van der Waals surface area (Å²) in [6.07, 6.45) is 4.73. The summed E-state index contributed by atoms with van der Waals surface area (Å²) >= 11 is 0. The monoisotopic (exact) mass is 346 g/mol. The second kappa shape index (κ2) is 7.97. The van der Waals surface area contributed by atoms with Crippen LogP contribution < -0.4 is 5.32 Å². The molecule has 0 bridgehead atoms. The van der Waals surface area contributed by atoms with E-state index in [1.54, 1.807) is 24.1 Å². The van der Waals surface area contributed by atoms with Crippen LogP contribution in [0.3, 0.4) is 0 Å². The molecule has 1 aliphatic carbocycles. The van der Waals surface area contributed by atoms with Gasteiger partial charge in [-0.25, -0.2) is 0 Å². The summed E-state index contributed by atoms with van der Waals surface area (Å²) in [5, 5.41) is 2.85. The topological polar surface area (TPSA) is 67.9 Å². The Bertz CT molecular complexity index is 599. The molecule has 25 heavy (non-hydrogen) atoms. The summed E-state index contributed by atoms with van der Waals surface area (Å²) in [5.41, 5.74) is -0.0540. The fraction of sp³-hybridized carbons (Fsp3) is 0.579. The van der Waals surface area contributed by atoms with Gasteiger partial charge in [0, 0.05) is 19.2 Å². The van der Waals surface area contributed by atoms with Crippen LogP contribution in [0.15, 0.2) is 30.3 Å². The predicted molar refractivity (Wildman–Crippen MR) is 93.1 cm³/mol. The van der Waals surface area contributed by atoms with Crippen molar-refractivity contribution < 1.29 is 19.1 Å². The molecule has 1 N–H and O–H groups in total. The molecule has 0 radical (unpaired) electrons. The fourth-order valence-corrected chi connectivity index (χ4v) is 3.79. The van der Waals surface area contributed by atoms with Gasteiger partial charge < -0.3 is 14.8 Å². The zero-order valence-corrected chi connectivity index (χ0v) is 14.7. The van der Waals surface area contributed by atoms with E-state index in [2.05, 4.69) is 5.32 Å². The number of methoxy groups -OCH3 is 1. The lowest BCUT2D eigenvalue weighted by Crippen LogP contribution is -2.56. The van der Waals surface area contributed by atoms with Crippen LogP contribution in [0.5, 0.6) is 0 Å². The molecule has 1 heterocycles. The summed E-state index contributed by atoms with van der Waals surface area (Å²) in [4.78, 5) is 27.6. The maximum Gasteiger partial charge on any atom is 0.256 e. The molecule has 1 unspecified atom stereocenters. The highest BCUT2D eigenvalue weighted by Crippen LogP contribution is 2.41. The number of carbonyl (C=O) groups is 2. The normalized spacial score (nSPS) is 22.1. The Balaban J connectivity index is 1.84. The zero-order chi connectivity index (χ0) is 17.7. The lowest BCUT2D eigenvalue weighted by Gasteiger charge is -2.41. The fourth-order valence-electron chi connectivity index (χ4n) is 3.79. The summed E-state index contributed by atoms with van der Waals surface area (Å²) in [6, 6.07) is 8.54. The van der Waals surface area contributed by atoms with E-state index in [4.69, 9.17) is 9.47 Å². The van der Waals surface area contributed by atoms with Gasteiger partial charge in [-0.15, -0.1) is 0 Å². The standard InChI is InChI=1S/C19H26N2O4/c1-24-13-12-20-17(22)16-14-25-19(10-6-3-7-11-19)21(16)18(23)15-8-4-2-5-9-15/h2,4-5,8-9,16H,3,6-7,10-14H2,1H3,(H,20,22). The first kappa shape index (κ1) is 17.9. The lowest BCUT2D eigenvalue weighted by molar-refractivity contribution is -0.127. The highest BCUT2D eigenvalue weighted by molar-refractivity contribution is 5.98. The van der Waals surface area contributed by atoms with Crippen LogP contribution >= 0.6 is 0 Å². The third-order valence-corrected chi connectivity index (χ3v) is 5.04. The Labute approximate surface area is 148 Å². The molecule has 6 nitrogen and oxygen atoms in total. The Morgan fingerprint density at radius 1 is 1.24 bits per heavy atom. The molecule has 2 amide bonds. The molecule has 1 aromatic carbocycles. The maximum absolute atomic E-state index is 13.2. The number of benzene rings is 1. The van der Waals surface area contributed by atoms with Crippen LogP contribution in [0.25, 0.3) is 0 Å². The van der Waals surface area contributed by atoms with Crippen molar-refractivity contribution in [2.45, 2.75) is 43.9 Å². The summed E-state index contributed by atoms with van der Waals surface area (Å²) in [7, 11) is 1.59. The van der Waals surface area contributed by atoms with Gasteiger partial charge in [-0.3, -0.25) is 14.5 Å². The summed E-state index contributed by atoms with van der Waals surface area (Å²) < 4.78 is 11.1. The van der Waals surface area contributed by atoms with Gasteiger partial charge in [0.2, 0.25) is 5.91 Å². The molecule has 6 heteroatoms. The Hall–Kier alpha value is -1.92. The SMILES string of the molecule is COCCNC(=O)C1COC2(CCCCC2)N1C(=O)c1ccccc1. The molecule has 1 spiro atoms. The number of nitrogens with one attached hydrogen (secondary N) is 1. The van der Waals surface area contributed by atoms with Crippen molar-refractivity contribution in [1.82, 2.24) is 10.2 Å². The van der Waals surface area contributed by atoms with Crippen LogP contribution in [0.1, 0.15) is 42.5 Å². The van der Waals surface area contributed by atoms with Crippen molar-refractivity contribution >= 4 is 11.8 Å². The molecule has 1 aromatic rings. The average molecular weight is 346 g/mol. The van der Waals surface area contributed by atoms with Crippen molar-refractivity contribution in [1.29, 1.82) is 0 Å². The van der Waals surface area contributed by atoms with E-state index in [0.717, 1.165) is 32.1 Å². The quantitative estimate of drug-likeness (QED) is 0.828. The smallest absolute Gasteiger partial charge is 0.256 e. The van der Waals surface area contributed by atoms with Crippen LogP contribution in [-0.4, -0.2) is 55.3 Å². The lowest BCUT2D eigenvalue weighted by atomic mass is 9.89. The number of rotatable bonds is 5. The van der Waals surface area contributed by atoms with Crippen LogP contribution in [0, 0.1) is 0 Å². The maximum atomic E-state index is 13.2. The van der Waals surface area contributed by atoms with Crippen molar-refractivity contribution in [3.05, 3.63) is 35.9 Å². The third-order valence-electron chi connectivity index (χ3n) is 5.04. The van der Waals surface area contributed by atoms with Gasteiger partial charge in [-0.05, 0) is 37.8 Å². The van der Waals surface area contributed by atoms with E-state index in [9.17, 15) is 9.59 Å². The minimum atomic E-state index is -0.644. The van der Waals surface area contributed by atoms with E-state index in [0.29, 0.717) is 18.7 Å². The molecule has 1 saturated heterocycles. The molecule has 2 aliphatic rings. The molecular weight excluding hydrogens is 320 g/mol. The minimum absolute atomic E-state index is 0.133. The van der Waals surface area contributed by atoms with Gasteiger partial charge in [0.05, 0.1) is 13.2 Å². The molecule has 136 valence electrons. The van der Waals surface area contributed by atoms with Crippen LogP contribution in [0.2, 0.25) is 0 Å². The molecular formula is C19H26N2O4. The number of nitrogens with zero attached hydrogens (tertiary/aromatic N) is 1. The van der Waals surface area contributed by atoms with Crippen molar-refractivity contribution in [3.8, 4) is 0 Å². The first-order valence-electron chi connectivity index (χ1n) is 8.97. The van der Waals surface area contributed by atoms with Crippen molar-refractivity contribution in [3.63, 3.8) is 0 Å². The molecule has 1 saturated carbocycles. The molecule has 1 aliphatic heterocycles. The molecule has 3 rings (SSSR count). The first-order chi connectivity index (χ1) is 12.2. The largest absolute Gasteiger partial charge is 0.383 e. The van der Waals surface area contributed by atoms with E-state index >= 15 is 0 Å². The van der Waals surface area contributed by atoms with Gasteiger partial charge in [0.15, 0.2) is 0 Å². The number of amides is 2. The van der Waals surface area contributed by atoms with Gasteiger partial charge in [0.1, 0.15) is 11.8 Å². The van der Waals surface area contributed by atoms with E-state index < -0.39 is 11.8 Å². The number of hydrogen-bond acceptors (Lipinski definition) is 4. The van der Waals surface area contributed by atoms with E-state index in [1.807, 2.05) is 18.2 Å². The average Bonchev–Trinajstić information content (AvgIpc) is 3.01. The van der Waals surface area contributed by atoms with Crippen LogP contribution in [0.4, 0.5) is 0 Å². The predicted octanol–water partition coefficient (Wildman–Crippen LogP) is 1.95. The van der Waals surface area contributed by atoms with Crippen molar-refractivity contribution in [2.75, 3.05) is 26.9 Å². The number of ether oxygens (including phenoxy) is 2. The molecule has 1 atom stereocenters. The highest BCUT2D eigenvalue weighted by Gasteiger charge is 2.52. The van der Waals surface area contributed by atoms with Gasteiger partial charge in [-0.1, -0.05) is 24.6 Å². The van der Waals surface area contributed by atoms with Gasteiger partial charge in [-0.2, -0.15) is 0 Å². The molecule has 2 fully saturated rings. The van der Waals surface area contributed by atoms with Crippen LogP contribution in [-0.2, 0) is 14.3 Å². The van der Waals surface area contributed by atoms with E-state index in [-0.39, 0.29) is 18.4 Å². The second-order valence-corrected chi connectivity index (χ2v) is 6.66. The zero-order valence-electron chi connectivity index (χ0n) is 14.7. The Morgan fingerprint density at radius 3 is 2.64 bits per heavy atom. The second-order valence-electron chi connectivity index (χ2n) is 6.66. The van der Waals surface area contributed by atoms with Gasteiger partial charge >= 0.3 is 0 Å². The van der Waals surface area contributed by atoms with E-state index in [1.165, 1.54) is 0 Å². The Morgan fingerprint density at radius 2 is 1.96 bits per heavy atom. The highest BCUT2D eigenvalue weighted by atomic mass is 16.5. The first-order valence-corrected chi connectivity index (χ1v) is 8.97. The Kier molecular flexibility index (Phi) is 5.71. The third kappa shape index (κ3) is 3.70. The summed E-state index contributed by atoms with van der Waals surface area (Å²) in [5.74, 6) is -0.310. The number of hydrogen-bond donors (Lipinski definition) is 1. The number of carbonyl (C=O) groups excluding carboxylic acids is 2. The minimum Gasteiger partial charge on any atom is -0.383 e. The van der Waals surface area contributed by atoms with Crippen molar-refractivity contribution in [2.24, 2.45) is 0 Å². The van der Waals surface area contributed by atoms with Gasteiger partial charge in [0.25, 0.3) is 5.91 Å². The molecule has 0 aromatic heterocycles.